The van der Waals surface area contributed by atoms with Crippen molar-refractivity contribution in [2.75, 3.05) is 12.5 Å². The molecule has 0 saturated heterocycles. The van der Waals surface area contributed by atoms with Gasteiger partial charge >= 0.3 is 6.16 Å². The Morgan fingerprint density at radius 1 is 1.33 bits per heavy atom. The van der Waals surface area contributed by atoms with Crippen LogP contribution in [0.5, 0.6) is 0 Å². The third-order valence-corrected chi connectivity index (χ3v) is 0. The van der Waals surface area contributed by atoms with Gasteiger partial charge in [0.15, 0.2) is 4.75 Å². The summed E-state index contributed by atoms with van der Waals surface area (Å²) in [5.74, 6) is 0. The van der Waals surface area contributed by atoms with Gasteiger partial charge in [-0.05, 0) is 12.5 Å². The van der Waals surface area contributed by atoms with Crippen molar-refractivity contribution in [3.05, 3.63) is 9.71 Å². The van der Waals surface area contributed by atoms with Crippen molar-refractivity contribution < 1.29 is 30.8 Å². The maximum Gasteiger partial charge on any atom is 0.503 e. The van der Waals surface area contributed by atoms with Gasteiger partial charge in [0, 0.05) is 0 Å². The normalized spacial score (nSPS) is 5.00. The Bertz CT molecular complexity index is 70.7. The molecular formula is C3H10O8S. The van der Waals surface area contributed by atoms with Gasteiger partial charge in [-0.1, -0.05) is 10.2 Å². The highest BCUT2D eigenvalue weighted by Crippen LogP contribution is 1.70. The Labute approximate surface area is 71.9 Å². The van der Waals surface area contributed by atoms with E-state index in [1.165, 1.54) is 0 Å². The van der Waals surface area contributed by atoms with Crippen LogP contribution in [0.3, 0.4) is 0 Å². The molecule has 0 amide bonds. The average molecular weight is 206 g/mol. The summed E-state index contributed by atoms with van der Waals surface area (Å²) in [6.45, 7) is 0. The minimum Gasteiger partial charge on any atom is -0.450 e. The molecule has 12 heavy (non-hydrogen) atoms. The molecule has 8 nitrogen and oxygen atoms in total. The first-order valence-electron chi connectivity index (χ1n) is 2.00. The SMILES string of the molecule is CSC.O=C(O)O.O=[O+][O-].OO. The highest BCUT2D eigenvalue weighted by Gasteiger charge is 1.70. The number of hydrogen-bond acceptors (Lipinski definition) is 6. The Kier molecular flexibility index (Phi) is 95.7. The van der Waals surface area contributed by atoms with E-state index in [4.69, 9.17) is 35.7 Å². The van der Waals surface area contributed by atoms with Crippen molar-refractivity contribution in [2.24, 2.45) is 0 Å². The Morgan fingerprint density at radius 2 is 1.33 bits per heavy atom. The second kappa shape index (κ2) is 51.2. The fraction of sp³-hybridized carbons (Fsp3) is 0.667. The van der Waals surface area contributed by atoms with Gasteiger partial charge in [0.05, 0.1) is 0 Å². The number of carboxylic acid groups (broad SMARTS) is 2. The fourth-order valence-electron chi connectivity index (χ4n) is 0. The van der Waals surface area contributed by atoms with E-state index < -0.39 is 6.16 Å². The van der Waals surface area contributed by atoms with Gasteiger partial charge in [-0.15, -0.1) is 0 Å². The van der Waals surface area contributed by atoms with Gasteiger partial charge in [0.25, 0.3) is 0 Å². The molecule has 0 aliphatic rings. The molecule has 0 aliphatic heterocycles. The molecule has 0 aromatic heterocycles. The van der Waals surface area contributed by atoms with Crippen LogP contribution in [-0.2, 0) is 0 Å². The summed E-state index contributed by atoms with van der Waals surface area (Å²) in [6, 6.07) is 0. The molecule has 0 saturated carbocycles. The summed E-state index contributed by atoms with van der Waals surface area (Å²) in [5, 5.41) is 33.8. The molecule has 0 fully saturated rings. The van der Waals surface area contributed by atoms with E-state index in [9.17, 15) is 0 Å². The number of rotatable bonds is 0. The van der Waals surface area contributed by atoms with Crippen LogP contribution in [0.15, 0.2) is 0 Å². The van der Waals surface area contributed by atoms with Crippen molar-refractivity contribution in [2.45, 2.75) is 0 Å². The van der Waals surface area contributed by atoms with E-state index in [0.29, 0.717) is 0 Å². The van der Waals surface area contributed by atoms with Crippen LogP contribution < -0.4 is 5.26 Å². The monoisotopic (exact) mass is 206 g/mol. The highest BCUT2D eigenvalue weighted by atomic mass is 32.2. The smallest absolute Gasteiger partial charge is 0.450 e. The lowest BCUT2D eigenvalue weighted by atomic mass is 11.5. The quantitative estimate of drug-likeness (QED) is 0.247. The third-order valence-electron chi connectivity index (χ3n) is 0. The summed E-state index contributed by atoms with van der Waals surface area (Å²) in [4.78, 5) is 16.4. The summed E-state index contributed by atoms with van der Waals surface area (Å²) < 4.78 is 1.75. The van der Waals surface area contributed by atoms with Crippen molar-refractivity contribution in [1.82, 2.24) is 0 Å². The zero-order valence-electron chi connectivity index (χ0n) is 6.33. The van der Waals surface area contributed by atoms with Gasteiger partial charge in [0.1, 0.15) is 0 Å². The molecule has 0 rings (SSSR count). The van der Waals surface area contributed by atoms with Gasteiger partial charge in [0.2, 0.25) is 0 Å². The first-order chi connectivity index (χ1) is 5.56. The molecule has 4 N–H and O–H groups in total. The van der Waals surface area contributed by atoms with Crippen LogP contribution in [0.25, 0.3) is 0 Å². The zero-order valence-corrected chi connectivity index (χ0v) is 7.15. The molecule has 0 bridgehead atoms. The molecule has 0 aromatic carbocycles. The first-order valence-corrected chi connectivity index (χ1v) is 3.63. The van der Waals surface area contributed by atoms with Gasteiger partial charge in [-0.25, -0.2) is 4.79 Å². The minimum absolute atomic E-state index is 1.75. The van der Waals surface area contributed by atoms with E-state index >= 15 is 0 Å². The Hall–Kier alpha value is -1.06. The topological polar surface area (TPSA) is 149 Å². The average Bonchev–Trinajstić information content (AvgIpc) is 1.92. The number of thioether (sulfide) groups is 1. The third kappa shape index (κ3) is 502. The molecule has 0 spiro atoms. The van der Waals surface area contributed by atoms with E-state index in [1.807, 2.05) is 12.5 Å². The van der Waals surface area contributed by atoms with Crippen LogP contribution in [0, 0.1) is 9.71 Å². The Morgan fingerprint density at radius 3 is 1.33 bits per heavy atom. The molecule has 9 heteroatoms. The molecule has 0 aromatic rings. The predicted octanol–water partition coefficient (Wildman–Crippen LogP) is 0.0970. The predicted molar refractivity (Wildman–Crippen MR) is 42.1 cm³/mol. The van der Waals surface area contributed by atoms with Gasteiger partial charge in [-0.3, -0.25) is 10.5 Å². The van der Waals surface area contributed by atoms with E-state index in [0.717, 1.165) is 0 Å². The summed E-state index contributed by atoms with van der Waals surface area (Å²) in [7, 11) is 0. The van der Waals surface area contributed by atoms with Gasteiger partial charge < -0.3 is 10.2 Å². The fourth-order valence-corrected chi connectivity index (χ4v) is 0. The lowest BCUT2D eigenvalue weighted by molar-refractivity contribution is -0.284. The highest BCUT2D eigenvalue weighted by molar-refractivity contribution is 7.97. The molecule has 0 atom stereocenters. The zero-order chi connectivity index (χ0) is 11.0. The Balaban J connectivity index is -0.0000000368. The van der Waals surface area contributed by atoms with Crippen LogP contribution in [0.1, 0.15) is 0 Å². The lowest BCUT2D eigenvalue weighted by Gasteiger charge is -1.60. The second-order valence-corrected chi connectivity index (χ2v) is 1.58. The number of carbonyl (C=O) groups is 1. The van der Waals surface area contributed by atoms with Crippen molar-refractivity contribution in [3.63, 3.8) is 0 Å². The first kappa shape index (κ1) is 22.4. The molecule has 0 unspecified atom stereocenters. The van der Waals surface area contributed by atoms with Crippen LogP contribution in [0.4, 0.5) is 4.79 Å². The van der Waals surface area contributed by atoms with Crippen molar-refractivity contribution in [1.29, 1.82) is 0 Å². The largest absolute Gasteiger partial charge is 0.503 e. The van der Waals surface area contributed by atoms with Gasteiger partial charge in [-0.2, -0.15) is 11.8 Å². The van der Waals surface area contributed by atoms with E-state index in [1.54, 1.807) is 16.5 Å². The molecular weight excluding hydrogens is 196 g/mol. The van der Waals surface area contributed by atoms with Crippen molar-refractivity contribution in [3.8, 4) is 0 Å². The minimum atomic E-state index is -1.83. The van der Waals surface area contributed by atoms with E-state index in [2.05, 4.69) is 0 Å². The summed E-state index contributed by atoms with van der Waals surface area (Å²) >= 11 is 1.75. The molecule has 76 valence electrons. The standard InChI is InChI=1S/C2H6S.CH2O3.O3.H2O2/c1-3-2;2-1(3)4;1-3-2;1-2/h1-2H3;(H2,2,3,4);;1-2H. The van der Waals surface area contributed by atoms with Crippen molar-refractivity contribution >= 4 is 17.9 Å². The molecule has 0 radical (unpaired) electrons. The second-order valence-electron chi connectivity index (χ2n) is 0.759. The maximum absolute atomic E-state index is 8.56. The number of hydrogen-bond donors (Lipinski definition) is 4. The van der Waals surface area contributed by atoms with E-state index in [-0.39, 0.29) is 0 Å². The van der Waals surface area contributed by atoms with Crippen LogP contribution >= 0.6 is 11.8 Å². The summed E-state index contributed by atoms with van der Waals surface area (Å²) in [5.41, 5.74) is 0. The molecule has 0 aliphatic carbocycles. The van der Waals surface area contributed by atoms with Crippen LogP contribution in [0.2, 0.25) is 0 Å². The van der Waals surface area contributed by atoms with Crippen LogP contribution in [-0.4, -0.2) is 39.4 Å². The molecule has 0 heterocycles. The lowest BCUT2D eigenvalue weighted by Crippen LogP contribution is -1.82. The summed E-state index contributed by atoms with van der Waals surface area (Å²) in [6.07, 6.45) is 2.25. The maximum atomic E-state index is 8.56.